The van der Waals surface area contributed by atoms with Gasteiger partial charge in [-0.05, 0) is 42.7 Å². The highest BCUT2D eigenvalue weighted by molar-refractivity contribution is 6.30. The van der Waals surface area contributed by atoms with Crippen molar-refractivity contribution >= 4 is 23.3 Å². The number of carbonyl (C=O) groups excluding carboxylic acids is 1. The number of carbonyl (C=O) groups is 1. The average molecular weight is 273 g/mol. The number of pyridine rings is 1. The molecule has 0 bridgehead atoms. The third-order valence-corrected chi connectivity index (χ3v) is 3.74. The van der Waals surface area contributed by atoms with Crippen molar-refractivity contribution in [2.45, 2.75) is 18.3 Å². The van der Waals surface area contributed by atoms with Crippen molar-refractivity contribution in [2.24, 2.45) is 0 Å². The maximum absolute atomic E-state index is 12.4. The van der Waals surface area contributed by atoms with Crippen LogP contribution in [0.1, 0.15) is 18.4 Å². The number of amides is 1. The molecule has 3 rings (SSSR count). The minimum absolute atomic E-state index is 0.00789. The zero-order chi connectivity index (χ0) is 13.3. The summed E-state index contributed by atoms with van der Waals surface area (Å²) in [5.74, 6) is 0.598. The monoisotopic (exact) mass is 272 g/mol. The van der Waals surface area contributed by atoms with E-state index in [9.17, 15) is 4.79 Å². The van der Waals surface area contributed by atoms with Crippen LogP contribution in [0.5, 0.6) is 0 Å². The van der Waals surface area contributed by atoms with Gasteiger partial charge in [0, 0.05) is 11.2 Å². The SMILES string of the molecule is O=C(Nc1ccccn1)C1(c2ccc(Cl)cc2)CC1. The van der Waals surface area contributed by atoms with Gasteiger partial charge in [0.15, 0.2) is 0 Å². The van der Waals surface area contributed by atoms with E-state index in [1.54, 1.807) is 12.3 Å². The smallest absolute Gasteiger partial charge is 0.236 e. The first-order chi connectivity index (χ1) is 9.21. The number of hydrogen-bond acceptors (Lipinski definition) is 2. The summed E-state index contributed by atoms with van der Waals surface area (Å²) >= 11 is 5.88. The van der Waals surface area contributed by atoms with Crippen LogP contribution in [-0.4, -0.2) is 10.9 Å². The number of halogens is 1. The van der Waals surface area contributed by atoms with Crippen LogP contribution in [0.2, 0.25) is 5.02 Å². The average Bonchev–Trinajstić information content (AvgIpc) is 3.22. The second-order valence-corrected chi connectivity index (χ2v) is 5.19. The summed E-state index contributed by atoms with van der Waals surface area (Å²) in [5.41, 5.74) is 0.618. The Morgan fingerprint density at radius 2 is 1.89 bits per heavy atom. The predicted molar refractivity (Wildman–Crippen MR) is 75.2 cm³/mol. The number of aromatic nitrogens is 1. The lowest BCUT2D eigenvalue weighted by atomic mass is 9.95. The molecular weight excluding hydrogens is 260 g/mol. The van der Waals surface area contributed by atoms with E-state index < -0.39 is 5.41 Å². The molecule has 0 atom stereocenters. The standard InChI is InChI=1S/C15H13ClN2O/c16-12-6-4-11(5-7-12)15(8-9-15)14(19)18-13-3-1-2-10-17-13/h1-7,10H,8-9H2,(H,17,18,19). The highest BCUT2D eigenvalue weighted by Crippen LogP contribution is 2.49. The Bertz CT molecular complexity index is 591. The molecule has 1 aromatic heterocycles. The molecule has 3 nitrogen and oxygen atoms in total. The molecule has 0 radical (unpaired) electrons. The quantitative estimate of drug-likeness (QED) is 0.930. The lowest BCUT2D eigenvalue weighted by Gasteiger charge is -2.15. The van der Waals surface area contributed by atoms with E-state index in [1.807, 2.05) is 36.4 Å². The molecule has 1 amide bonds. The largest absolute Gasteiger partial charge is 0.310 e. The van der Waals surface area contributed by atoms with E-state index in [2.05, 4.69) is 10.3 Å². The minimum atomic E-state index is -0.401. The van der Waals surface area contributed by atoms with E-state index in [0.717, 1.165) is 18.4 Å². The Morgan fingerprint density at radius 3 is 2.47 bits per heavy atom. The number of rotatable bonds is 3. The zero-order valence-corrected chi connectivity index (χ0v) is 11.0. The molecule has 1 aliphatic carbocycles. The Morgan fingerprint density at radius 1 is 1.16 bits per heavy atom. The maximum atomic E-state index is 12.4. The lowest BCUT2D eigenvalue weighted by molar-refractivity contribution is -0.118. The van der Waals surface area contributed by atoms with Crippen LogP contribution in [0.15, 0.2) is 48.7 Å². The van der Waals surface area contributed by atoms with Gasteiger partial charge in [0.1, 0.15) is 5.82 Å². The number of benzene rings is 1. The fourth-order valence-electron chi connectivity index (χ4n) is 2.21. The van der Waals surface area contributed by atoms with Crippen molar-refractivity contribution in [1.82, 2.24) is 4.98 Å². The van der Waals surface area contributed by atoms with Crippen molar-refractivity contribution in [3.8, 4) is 0 Å². The van der Waals surface area contributed by atoms with E-state index in [0.29, 0.717) is 10.8 Å². The summed E-state index contributed by atoms with van der Waals surface area (Å²) in [5, 5.41) is 3.56. The van der Waals surface area contributed by atoms with Gasteiger partial charge in [-0.25, -0.2) is 4.98 Å². The summed E-state index contributed by atoms with van der Waals surface area (Å²) < 4.78 is 0. The first-order valence-corrected chi connectivity index (χ1v) is 6.57. The molecule has 1 aromatic carbocycles. The number of anilines is 1. The number of hydrogen-bond donors (Lipinski definition) is 1. The topological polar surface area (TPSA) is 42.0 Å². The fourth-order valence-corrected chi connectivity index (χ4v) is 2.34. The first kappa shape index (κ1) is 12.2. The molecule has 1 N–H and O–H groups in total. The van der Waals surface area contributed by atoms with Crippen molar-refractivity contribution < 1.29 is 4.79 Å². The van der Waals surface area contributed by atoms with E-state index >= 15 is 0 Å². The van der Waals surface area contributed by atoms with Crippen LogP contribution in [0.25, 0.3) is 0 Å². The normalized spacial score (nSPS) is 15.8. The van der Waals surface area contributed by atoms with Gasteiger partial charge in [0.05, 0.1) is 5.41 Å². The third-order valence-electron chi connectivity index (χ3n) is 3.49. The molecule has 2 aromatic rings. The molecule has 1 saturated carbocycles. The van der Waals surface area contributed by atoms with Gasteiger partial charge in [-0.2, -0.15) is 0 Å². The van der Waals surface area contributed by atoms with E-state index in [-0.39, 0.29) is 5.91 Å². The van der Waals surface area contributed by atoms with Crippen molar-refractivity contribution in [3.63, 3.8) is 0 Å². The summed E-state index contributed by atoms with van der Waals surface area (Å²) in [6, 6.07) is 13.0. The highest BCUT2D eigenvalue weighted by Gasteiger charge is 2.51. The van der Waals surface area contributed by atoms with Crippen LogP contribution < -0.4 is 5.32 Å². The van der Waals surface area contributed by atoms with Gasteiger partial charge in [0.2, 0.25) is 5.91 Å². The first-order valence-electron chi connectivity index (χ1n) is 6.19. The van der Waals surface area contributed by atoms with E-state index in [4.69, 9.17) is 11.6 Å². The van der Waals surface area contributed by atoms with Crippen LogP contribution in [-0.2, 0) is 10.2 Å². The Labute approximate surface area is 116 Å². The molecule has 1 aliphatic rings. The molecule has 0 saturated heterocycles. The third kappa shape index (κ3) is 2.34. The van der Waals surface area contributed by atoms with Gasteiger partial charge in [-0.1, -0.05) is 29.8 Å². The lowest BCUT2D eigenvalue weighted by Crippen LogP contribution is -2.28. The Balaban J connectivity index is 1.81. The van der Waals surface area contributed by atoms with Crippen LogP contribution in [0.3, 0.4) is 0 Å². The summed E-state index contributed by atoms with van der Waals surface area (Å²) in [6.07, 6.45) is 3.40. The van der Waals surface area contributed by atoms with Crippen molar-refractivity contribution in [2.75, 3.05) is 5.32 Å². The number of nitrogens with one attached hydrogen (secondary N) is 1. The van der Waals surface area contributed by atoms with Gasteiger partial charge < -0.3 is 5.32 Å². The Hall–Kier alpha value is -1.87. The van der Waals surface area contributed by atoms with Crippen molar-refractivity contribution in [1.29, 1.82) is 0 Å². The van der Waals surface area contributed by atoms with Gasteiger partial charge in [-0.15, -0.1) is 0 Å². The zero-order valence-electron chi connectivity index (χ0n) is 10.3. The molecule has 19 heavy (non-hydrogen) atoms. The van der Waals surface area contributed by atoms with Crippen LogP contribution in [0.4, 0.5) is 5.82 Å². The summed E-state index contributed by atoms with van der Waals surface area (Å²) in [6.45, 7) is 0. The maximum Gasteiger partial charge on any atom is 0.236 e. The van der Waals surface area contributed by atoms with Gasteiger partial charge in [0.25, 0.3) is 0 Å². The summed E-state index contributed by atoms with van der Waals surface area (Å²) in [7, 11) is 0. The van der Waals surface area contributed by atoms with Crippen LogP contribution >= 0.6 is 11.6 Å². The molecule has 4 heteroatoms. The van der Waals surface area contributed by atoms with Crippen LogP contribution in [0, 0.1) is 0 Å². The molecule has 0 aliphatic heterocycles. The Kier molecular flexibility index (Phi) is 2.99. The molecule has 0 spiro atoms. The van der Waals surface area contributed by atoms with Gasteiger partial charge >= 0.3 is 0 Å². The molecule has 1 fully saturated rings. The molecule has 0 unspecified atom stereocenters. The highest BCUT2D eigenvalue weighted by atomic mass is 35.5. The fraction of sp³-hybridized carbons (Fsp3) is 0.200. The van der Waals surface area contributed by atoms with Gasteiger partial charge in [-0.3, -0.25) is 4.79 Å². The molecule has 1 heterocycles. The second-order valence-electron chi connectivity index (χ2n) is 4.76. The number of nitrogens with zero attached hydrogens (tertiary/aromatic N) is 1. The minimum Gasteiger partial charge on any atom is -0.310 e. The van der Waals surface area contributed by atoms with Crippen molar-refractivity contribution in [3.05, 3.63) is 59.2 Å². The summed E-state index contributed by atoms with van der Waals surface area (Å²) in [4.78, 5) is 16.5. The molecular formula is C15H13ClN2O. The molecule has 96 valence electrons. The van der Waals surface area contributed by atoms with E-state index in [1.165, 1.54) is 0 Å². The second kappa shape index (κ2) is 4.67. The predicted octanol–water partition coefficient (Wildman–Crippen LogP) is 3.41.